The average molecular weight is 438 g/mol. The fraction of sp³-hybridized carbons (Fsp3) is 0.111. The molecule has 0 amide bonds. The van der Waals surface area contributed by atoms with Crippen LogP contribution in [0.15, 0.2) is 94.6 Å². The third-order valence-corrected chi connectivity index (χ3v) is 5.53. The number of aryl methyl sites for hydroxylation is 1. The Morgan fingerprint density at radius 1 is 0.970 bits per heavy atom. The van der Waals surface area contributed by atoms with Gasteiger partial charge >= 0.3 is 0 Å². The molecule has 6 nitrogen and oxygen atoms in total. The third-order valence-electron chi connectivity index (χ3n) is 5.53. The van der Waals surface area contributed by atoms with Crippen molar-refractivity contribution in [3.8, 4) is 28.3 Å². The van der Waals surface area contributed by atoms with Crippen molar-refractivity contribution < 1.29 is 13.9 Å². The largest absolute Gasteiger partial charge is 0.497 e. The van der Waals surface area contributed by atoms with Crippen LogP contribution < -0.4 is 14.9 Å². The predicted octanol–water partition coefficient (Wildman–Crippen LogP) is 5.54. The first-order chi connectivity index (χ1) is 16.1. The number of aromatic nitrogens is 2. The van der Waals surface area contributed by atoms with E-state index in [0.29, 0.717) is 28.9 Å². The second-order valence-electron chi connectivity index (χ2n) is 7.73. The highest BCUT2D eigenvalue weighted by Gasteiger charge is 2.13. The number of nitrogens with zero attached hydrogens (tertiary/aromatic N) is 2. The van der Waals surface area contributed by atoms with Crippen LogP contribution in [-0.4, -0.2) is 16.9 Å². The Bertz CT molecular complexity index is 1490. The van der Waals surface area contributed by atoms with Crippen LogP contribution in [0.25, 0.3) is 27.8 Å². The number of hydrogen-bond donors (Lipinski definition) is 0. The lowest BCUT2D eigenvalue weighted by Gasteiger charge is -2.09. The lowest BCUT2D eigenvalue weighted by molar-refractivity contribution is 0.306. The number of ether oxygens (including phenoxy) is 2. The minimum atomic E-state index is -0.0831. The number of methoxy groups -OCH3 is 1. The summed E-state index contributed by atoms with van der Waals surface area (Å²) < 4.78 is 18.8. The van der Waals surface area contributed by atoms with Crippen molar-refractivity contribution in [2.75, 3.05) is 7.11 Å². The van der Waals surface area contributed by atoms with E-state index in [9.17, 15) is 4.79 Å². The molecule has 0 aliphatic heterocycles. The fourth-order valence-electron chi connectivity index (χ4n) is 3.77. The summed E-state index contributed by atoms with van der Waals surface area (Å²) in [4.78, 5) is 13.1. The first kappa shape index (κ1) is 20.6. The molecule has 0 unspecified atom stereocenters. The van der Waals surface area contributed by atoms with Gasteiger partial charge in [0.15, 0.2) is 0 Å². The van der Waals surface area contributed by atoms with E-state index in [1.807, 2.05) is 61.7 Å². The number of para-hydroxylation sites is 1. The Morgan fingerprint density at radius 2 is 1.79 bits per heavy atom. The highest BCUT2D eigenvalue weighted by Crippen LogP contribution is 2.27. The molecule has 0 saturated heterocycles. The van der Waals surface area contributed by atoms with Gasteiger partial charge in [-0.2, -0.15) is 5.10 Å². The maximum Gasteiger partial charge on any atom is 0.200 e. The Kier molecular flexibility index (Phi) is 5.40. The number of hydrogen-bond acceptors (Lipinski definition) is 5. The van der Waals surface area contributed by atoms with Gasteiger partial charge in [-0.15, -0.1) is 0 Å². The molecule has 3 aromatic carbocycles. The molecule has 2 aromatic heterocycles. The van der Waals surface area contributed by atoms with Gasteiger partial charge in [-0.1, -0.05) is 24.3 Å². The molecule has 164 valence electrons. The van der Waals surface area contributed by atoms with Gasteiger partial charge < -0.3 is 13.9 Å². The summed E-state index contributed by atoms with van der Waals surface area (Å²) in [6.07, 6.45) is 5.21. The van der Waals surface area contributed by atoms with Crippen LogP contribution in [0.1, 0.15) is 11.1 Å². The second kappa shape index (κ2) is 8.67. The fourth-order valence-corrected chi connectivity index (χ4v) is 3.77. The van der Waals surface area contributed by atoms with E-state index in [0.717, 1.165) is 28.1 Å². The second-order valence-corrected chi connectivity index (χ2v) is 7.73. The minimum absolute atomic E-state index is 0.0831. The predicted molar refractivity (Wildman–Crippen MR) is 127 cm³/mol. The van der Waals surface area contributed by atoms with Gasteiger partial charge in [-0.25, -0.2) is 4.68 Å². The molecule has 0 N–H and O–H groups in total. The van der Waals surface area contributed by atoms with Crippen molar-refractivity contribution >= 4 is 11.0 Å². The third kappa shape index (κ3) is 4.11. The van der Waals surface area contributed by atoms with Gasteiger partial charge in [-0.05, 0) is 54.4 Å². The summed E-state index contributed by atoms with van der Waals surface area (Å²) in [6.45, 7) is 2.30. The van der Waals surface area contributed by atoms with Crippen LogP contribution in [0.3, 0.4) is 0 Å². The normalized spacial score (nSPS) is 11.0. The van der Waals surface area contributed by atoms with E-state index in [1.54, 1.807) is 36.2 Å². The van der Waals surface area contributed by atoms with Crippen molar-refractivity contribution in [3.05, 3.63) is 107 Å². The number of benzene rings is 3. The van der Waals surface area contributed by atoms with Gasteiger partial charge in [0.05, 0.1) is 29.9 Å². The average Bonchev–Trinajstić information content (AvgIpc) is 3.33. The topological polar surface area (TPSA) is 66.5 Å². The quantitative estimate of drug-likeness (QED) is 0.348. The van der Waals surface area contributed by atoms with Crippen LogP contribution in [0.2, 0.25) is 0 Å². The van der Waals surface area contributed by atoms with Crippen LogP contribution in [0, 0.1) is 6.92 Å². The standard InChI is InChI=1S/C27H22N2O4/c1-18-12-21(31-2)8-10-23(18)25-17-33-26-13-22(9-11-24(26)27(25)30)32-16-19-14-28-29(15-19)20-6-4-3-5-7-20/h3-15,17H,16H2,1-2H3. The smallest absolute Gasteiger partial charge is 0.200 e. The van der Waals surface area contributed by atoms with Crippen LogP contribution in [-0.2, 0) is 6.61 Å². The summed E-state index contributed by atoms with van der Waals surface area (Å²) in [6, 6.07) is 20.8. The molecule has 2 heterocycles. The van der Waals surface area contributed by atoms with E-state index in [1.165, 1.54) is 6.26 Å². The Balaban J connectivity index is 1.37. The van der Waals surface area contributed by atoms with Gasteiger partial charge in [-0.3, -0.25) is 4.79 Å². The molecular weight excluding hydrogens is 416 g/mol. The van der Waals surface area contributed by atoms with Crippen molar-refractivity contribution in [1.82, 2.24) is 9.78 Å². The molecule has 0 aliphatic carbocycles. The van der Waals surface area contributed by atoms with Crippen molar-refractivity contribution in [2.24, 2.45) is 0 Å². The molecule has 33 heavy (non-hydrogen) atoms. The summed E-state index contributed by atoms with van der Waals surface area (Å²) >= 11 is 0. The molecule has 0 radical (unpaired) electrons. The lowest BCUT2D eigenvalue weighted by atomic mass is 10.0. The number of rotatable bonds is 6. The van der Waals surface area contributed by atoms with E-state index in [2.05, 4.69) is 5.10 Å². The van der Waals surface area contributed by atoms with Gasteiger partial charge in [0.25, 0.3) is 0 Å². The first-order valence-corrected chi connectivity index (χ1v) is 10.5. The molecule has 0 atom stereocenters. The highest BCUT2D eigenvalue weighted by molar-refractivity contribution is 5.83. The Morgan fingerprint density at radius 3 is 2.58 bits per heavy atom. The summed E-state index contributed by atoms with van der Waals surface area (Å²) in [5.74, 6) is 1.36. The molecule has 0 fully saturated rings. The minimum Gasteiger partial charge on any atom is -0.497 e. The lowest BCUT2D eigenvalue weighted by Crippen LogP contribution is -2.06. The zero-order valence-electron chi connectivity index (χ0n) is 18.3. The maximum absolute atomic E-state index is 13.1. The molecule has 0 bridgehead atoms. The SMILES string of the molecule is COc1ccc(-c2coc3cc(OCc4cnn(-c5ccccc5)c4)ccc3c2=O)c(C)c1. The highest BCUT2D eigenvalue weighted by atomic mass is 16.5. The zero-order chi connectivity index (χ0) is 22.8. The summed E-state index contributed by atoms with van der Waals surface area (Å²) in [7, 11) is 1.62. The molecule has 0 aliphatic rings. The molecule has 6 heteroatoms. The van der Waals surface area contributed by atoms with Crippen molar-refractivity contribution in [1.29, 1.82) is 0 Å². The Hall–Kier alpha value is -4.32. The van der Waals surface area contributed by atoms with Crippen LogP contribution in [0.4, 0.5) is 0 Å². The van der Waals surface area contributed by atoms with Crippen molar-refractivity contribution in [3.63, 3.8) is 0 Å². The molecular formula is C27H22N2O4. The molecule has 5 aromatic rings. The monoisotopic (exact) mass is 438 g/mol. The Labute approximate surface area is 190 Å². The number of fused-ring (bicyclic) bond motifs is 1. The molecule has 5 rings (SSSR count). The molecule has 0 spiro atoms. The van der Waals surface area contributed by atoms with E-state index < -0.39 is 0 Å². The van der Waals surface area contributed by atoms with E-state index >= 15 is 0 Å². The van der Waals surface area contributed by atoms with E-state index in [-0.39, 0.29) is 5.43 Å². The summed E-state index contributed by atoms with van der Waals surface area (Å²) in [5.41, 5.74) is 4.60. The maximum atomic E-state index is 13.1. The van der Waals surface area contributed by atoms with Gasteiger partial charge in [0, 0.05) is 17.8 Å². The van der Waals surface area contributed by atoms with E-state index in [4.69, 9.17) is 13.9 Å². The van der Waals surface area contributed by atoms with Crippen molar-refractivity contribution in [2.45, 2.75) is 13.5 Å². The first-order valence-electron chi connectivity index (χ1n) is 10.5. The van der Waals surface area contributed by atoms with Gasteiger partial charge in [0.1, 0.15) is 30.0 Å². The summed E-state index contributed by atoms with van der Waals surface area (Å²) in [5, 5.41) is 4.89. The van der Waals surface area contributed by atoms with Crippen LogP contribution >= 0.6 is 0 Å². The molecule has 0 saturated carbocycles. The van der Waals surface area contributed by atoms with Crippen LogP contribution in [0.5, 0.6) is 11.5 Å². The van der Waals surface area contributed by atoms with Gasteiger partial charge in [0.2, 0.25) is 5.43 Å². The zero-order valence-corrected chi connectivity index (χ0v) is 18.3.